The minimum Gasteiger partial charge on any atom is -0.475 e. The highest BCUT2D eigenvalue weighted by atomic mass is 19.4. The summed E-state index contributed by atoms with van der Waals surface area (Å²) < 4.78 is 112. The maximum Gasteiger partial charge on any atom is 0.573 e. The molecule has 1 saturated carbocycles. The van der Waals surface area contributed by atoms with Crippen molar-refractivity contribution in [3.05, 3.63) is 67.4 Å². The van der Waals surface area contributed by atoms with Gasteiger partial charge in [-0.05, 0) is 74.2 Å². The van der Waals surface area contributed by atoms with E-state index in [9.17, 15) is 39.5 Å². The lowest BCUT2D eigenvalue weighted by molar-refractivity contribution is -0.274. The number of nitrogens with one attached hydrogen (secondary N) is 2. The summed E-state index contributed by atoms with van der Waals surface area (Å²) in [7, 11) is 0. The number of hydrogen-bond acceptors (Lipinski definition) is 10. The molecular formula is C33H34F9N7O6. The summed E-state index contributed by atoms with van der Waals surface area (Å²) in [5.41, 5.74) is 2.80. The number of aromatic nitrogens is 4. The van der Waals surface area contributed by atoms with E-state index in [-0.39, 0.29) is 17.8 Å². The molecule has 4 aromatic rings. The van der Waals surface area contributed by atoms with Gasteiger partial charge in [-0.2, -0.15) is 31.4 Å². The summed E-state index contributed by atoms with van der Waals surface area (Å²) in [5, 5.41) is 25.8. The molecule has 13 nitrogen and oxygen atoms in total. The SMILES string of the molecule is FC(F)(F)Oc1ccc(-c2cnc(N[C@@H]3CCCC[C@H]3N[C@H]3CCCN(c4ccc(-n5cncn5)cc4)C3)o2)cc1.O=C(O)C(F)(F)F.O=C(O)C(F)(F)F. The van der Waals surface area contributed by atoms with E-state index < -0.39 is 30.7 Å². The van der Waals surface area contributed by atoms with Crippen LogP contribution in [0.15, 0.2) is 71.8 Å². The number of rotatable bonds is 8. The van der Waals surface area contributed by atoms with Gasteiger partial charge in [-0.1, -0.05) is 12.8 Å². The Bertz CT molecular complexity index is 1780. The predicted octanol–water partition coefficient (Wildman–Crippen LogP) is 7.07. The Morgan fingerprint density at radius 1 is 0.800 bits per heavy atom. The number of oxazole rings is 1. The molecule has 3 heterocycles. The molecule has 2 aromatic heterocycles. The number of hydrogen-bond donors (Lipinski definition) is 4. The Hall–Kier alpha value is -5.54. The van der Waals surface area contributed by atoms with Gasteiger partial charge < -0.3 is 34.9 Å². The molecule has 0 unspecified atom stereocenters. The highest BCUT2D eigenvalue weighted by Crippen LogP contribution is 2.30. The quantitative estimate of drug-likeness (QED) is 0.134. The van der Waals surface area contributed by atoms with E-state index in [1.807, 2.05) is 0 Å². The number of aliphatic carboxylic acids is 2. The number of carbonyl (C=O) groups is 2. The third-order valence-electron chi connectivity index (χ3n) is 8.21. The smallest absolute Gasteiger partial charge is 0.475 e. The van der Waals surface area contributed by atoms with Gasteiger partial charge in [0, 0.05) is 42.5 Å². The van der Waals surface area contributed by atoms with Gasteiger partial charge in [0.2, 0.25) is 0 Å². The third kappa shape index (κ3) is 13.4. The molecule has 4 N–H and O–H groups in total. The molecule has 300 valence electrons. The number of halogens is 9. The molecule has 55 heavy (non-hydrogen) atoms. The monoisotopic (exact) mass is 795 g/mol. The molecule has 1 aliphatic heterocycles. The summed E-state index contributed by atoms with van der Waals surface area (Å²) >= 11 is 0. The fraction of sp³-hybridized carbons (Fsp3) is 0.424. The standard InChI is InChI=1S/C29H32F3N7O2.2C2HF3O2/c30-29(31,32)41-24-13-7-20(8-14-24)27-16-34-28(40-27)37-26-6-2-1-5-25(26)36-21-4-3-15-38(17-21)22-9-11-23(12-10-22)39-19-33-18-35-39;2*3-2(4,5)1(6)7/h7-14,16,18-19,21,25-26,36H,1-6,15,17H2,(H,34,37);2*(H,6,7)/t21-,25+,26+;;/m0../s1. The Balaban J connectivity index is 0.000000410. The average molecular weight is 796 g/mol. The first kappa shape index (κ1) is 42.2. The van der Waals surface area contributed by atoms with E-state index in [2.05, 4.69) is 59.6 Å². The number of benzene rings is 2. The lowest BCUT2D eigenvalue weighted by atomic mass is 9.89. The first-order valence-corrected chi connectivity index (χ1v) is 16.4. The molecular weight excluding hydrogens is 761 g/mol. The van der Waals surface area contributed by atoms with E-state index in [4.69, 9.17) is 24.2 Å². The zero-order chi connectivity index (χ0) is 40.4. The first-order valence-electron chi connectivity index (χ1n) is 16.4. The maximum atomic E-state index is 12.5. The third-order valence-corrected chi connectivity index (χ3v) is 8.21. The highest BCUT2D eigenvalue weighted by molar-refractivity contribution is 5.73. The van der Waals surface area contributed by atoms with Crippen molar-refractivity contribution in [3.63, 3.8) is 0 Å². The van der Waals surface area contributed by atoms with Crippen LogP contribution in [0.1, 0.15) is 38.5 Å². The van der Waals surface area contributed by atoms with Gasteiger partial charge in [-0.15, -0.1) is 13.2 Å². The molecule has 0 radical (unpaired) electrons. The zero-order valence-electron chi connectivity index (χ0n) is 28.4. The molecule has 0 amide bonds. The molecule has 1 saturated heterocycles. The van der Waals surface area contributed by atoms with E-state index in [0.29, 0.717) is 23.4 Å². The number of piperidine rings is 1. The van der Waals surface area contributed by atoms with Crippen LogP contribution >= 0.6 is 0 Å². The molecule has 2 fully saturated rings. The number of anilines is 2. The lowest BCUT2D eigenvalue weighted by Gasteiger charge is -2.40. The Morgan fingerprint density at radius 3 is 1.93 bits per heavy atom. The van der Waals surface area contributed by atoms with Gasteiger partial charge in [0.1, 0.15) is 18.4 Å². The van der Waals surface area contributed by atoms with E-state index >= 15 is 0 Å². The van der Waals surface area contributed by atoms with Crippen LogP contribution in [-0.4, -0.2) is 91.8 Å². The van der Waals surface area contributed by atoms with Crippen LogP contribution in [0.2, 0.25) is 0 Å². The van der Waals surface area contributed by atoms with Crippen molar-refractivity contribution in [1.29, 1.82) is 0 Å². The minimum atomic E-state index is -5.08. The Morgan fingerprint density at radius 2 is 1.38 bits per heavy atom. The predicted molar refractivity (Wildman–Crippen MR) is 175 cm³/mol. The summed E-state index contributed by atoms with van der Waals surface area (Å²) in [6.07, 6.45) is -3.50. The summed E-state index contributed by atoms with van der Waals surface area (Å²) in [6, 6.07) is 15.2. The molecule has 3 atom stereocenters. The Labute approximate surface area is 306 Å². The maximum absolute atomic E-state index is 12.5. The second-order valence-electron chi connectivity index (χ2n) is 12.2. The summed E-state index contributed by atoms with van der Waals surface area (Å²) in [4.78, 5) is 28.6. The molecule has 0 spiro atoms. The largest absolute Gasteiger partial charge is 0.573 e. The van der Waals surface area contributed by atoms with Crippen LogP contribution in [0.5, 0.6) is 5.75 Å². The average Bonchev–Trinajstić information content (AvgIpc) is 3.82. The lowest BCUT2D eigenvalue weighted by Crippen LogP contribution is -2.54. The van der Waals surface area contributed by atoms with Crippen molar-refractivity contribution < 1.29 is 68.5 Å². The van der Waals surface area contributed by atoms with Crippen molar-refractivity contribution in [2.75, 3.05) is 23.3 Å². The second-order valence-corrected chi connectivity index (χ2v) is 12.2. The van der Waals surface area contributed by atoms with Crippen LogP contribution in [-0.2, 0) is 9.59 Å². The van der Waals surface area contributed by atoms with Crippen molar-refractivity contribution in [2.24, 2.45) is 0 Å². The number of carboxylic acid groups (broad SMARTS) is 2. The number of alkyl halides is 9. The molecule has 2 aliphatic rings. The highest BCUT2D eigenvalue weighted by Gasteiger charge is 2.39. The molecule has 0 bridgehead atoms. The van der Waals surface area contributed by atoms with Gasteiger partial charge in [0.15, 0.2) is 5.76 Å². The van der Waals surface area contributed by atoms with Gasteiger partial charge in [0.05, 0.1) is 11.9 Å². The van der Waals surface area contributed by atoms with Crippen LogP contribution in [0.3, 0.4) is 0 Å². The van der Waals surface area contributed by atoms with Crippen LogP contribution in [0.4, 0.5) is 51.2 Å². The second kappa shape index (κ2) is 18.2. The molecule has 22 heteroatoms. The van der Waals surface area contributed by atoms with E-state index in [1.54, 1.807) is 17.2 Å². The van der Waals surface area contributed by atoms with Crippen LogP contribution < -0.4 is 20.3 Å². The number of ether oxygens (including phenoxy) is 1. The number of nitrogens with zero attached hydrogens (tertiary/aromatic N) is 5. The van der Waals surface area contributed by atoms with Crippen molar-refractivity contribution in [2.45, 2.75) is 75.4 Å². The number of carboxylic acids is 2. The van der Waals surface area contributed by atoms with Gasteiger partial charge in [-0.25, -0.2) is 24.2 Å². The molecule has 6 rings (SSSR count). The van der Waals surface area contributed by atoms with E-state index in [1.165, 1.54) is 42.7 Å². The van der Waals surface area contributed by atoms with Crippen molar-refractivity contribution in [1.82, 2.24) is 25.1 Å². The van der Waals surface area contributed by atoms with Gasteiger partial charge in [-0.3, -0.25) is 0 Å². The fourth-order valence-electron chi connectivity index (χ4n) is 5.77. The van der Waals surface area contributed by atoms with Crippen molar-refractivity contribution >= 4 is 23.6 Å². The van der Waals surface area contributed by atoms with Crippen molar-refractivity contribution in [3.8, 4) is 22.8 Å². The zero-order valence-corrected chi connectivity index (χ0v) is 28.4. The van der Waals surface area contributed by atoms with Gasteiger partial charge >= 0.3 is 30.7 Å². The minimum absolute atomic E-state index is 0.162. The molecule has 1 aliphatic carbocycles. The van der Waals surface area contributed by atoms with Gasteiger partial charge in [0.25, 0.3) is 6.01 Å². The first-order chi connectivity index (χ1) is 25.8. The van der Waals surface area contributed by atoms with Crippen LogP contribution in [0.25, 0.3) is 17.0 Å². The summed E-state index contributed by atoms with van der Waals surface area (Å²) in [6.45, 7) is 1.96. The van der Waals surface area contributed by atoms with Crippen LogP contribution in [0, 0.1) is 0 Å². The summed E-state index contributed by atoms with van der Waals surface area (Å²) in [5.74, 6) is -5.32. The topological polar surface area (TPSA) is 168 Å². The van der Waals surface area contributed by atoms with E-state index in [0.717, 1.165) is 50.9 Å². The normalized spacial score (nSPS) is 18.9. The molecule has 2 aromatic carbocycles. The Kier molecular flexibility index (Phi) is 14.0. The fourth-order valence-corrected chi connectivity index (χ4v) is 5.77.